The van der Waals surface area contributed by atoms with E-state index < -0.39 is 22.7 Å². The predicted octanol–water partition coefficient (Wildman–Crippen LogP) is 13.6. The second-order valence-corrected chi connectivity index (χ2v) is 31.9. The van der Waals surface area contributed by atoms with Crippen LogP contribution in [0, 0.1) is 23.2 Å². The summed E-state index contributed by atoms with van der Waals surface area (Å²) in [5.41, 5.74) is 7.27. The zero-order chi connectivity index (χ0) is 42.0. The van der Waals surface area contributed by atoms with Gasteiger partial charge in [-0.3, -0.25) is 4.79 Å². The van der Waals surface area contributed by atoms with Crippen molar-refractivity contribution in [2.45, 2.75) is 240 Å². The topological polar surface area (TPSA) is 59.0 Å². The van der Waals surface area contributed by atoms with Gasteiger partial charge in [0.2, 0.25) is 22.5 Å². The van der Waals surface area contributed by atoms with Crippen LogP contribution in [0.2, 0.25) is 33.2 Å². The Morgan fingerprint density at radius 2 is 1.29 bits per heavy atom. The first-order valence-corrected chi connectivity index (χ1v) is 27.1. The average molecular weight is 800 g/mol. The van der Waals surface area contributed by atoms with Gasteiger partial charge in [0.25, 0.3) is 0 Å². The van der Waals surface area contributed by atoms with E-state index >= 15 is 0 Å². The SMILES string of the molecule is C=C1C(=CC=C2CCC[C@]3(C)[C@@H]([C@H](C)C(O)CC(=O)N(C(C)C)C(C)C)CC[C@@H]23)C[C@H](O[Si](C(C)C)(C(C)C)C(C)C)C[C@H]1O[Si](C(C)C)(C(C)C)C(C)C. The Bertz CT molecular complexity index is 1290. The first-order chi connectivity index (χ1) is 25.4. The maximum Gasteiger partial charge on any atom is 0.225 e. The van der Waals surface area contributed by atoms with Gasteiger partial charge in [-0.05, 0) is 134 Å². The second-order valence-electron chi connectivity index (χ2n) is 21.1. The van der Waals surface area contributed by atoms with Crippen LogP contribution in [0.5, 0.6) is 0 Å². The first-order valence-electron chi connectivity index (χ1n) is 22.8. The van der Waals surface area contributed by atoms with Crippen molar-refractivity contribution in [1.29, 1.82) is 0 Å². The molecule has 3 rings (SSSR count). The van der Waals surface area contributed by atoms with E-state index in [1.165, 1.54) is 24.0 Å². The Morgan fingerprint density at radius 1 is 0.800 bits per heavy atom. The van der Waals surface area contributed by atoms with E-state index in [0.29, 0.717) is 45.1 Å². The summed E-state index contributed by atoms with van der Waals surface area (Å²) in [6.45, 7) is 46.5. The molecule has 0 spiro atoms. The summed E-state index contributed by atoms with van der Waals surface area (Å²) in [5, 5.41) is 11.6. The van der Waals surface area contributed by atoms with Gasteiger partial charge >= 0.3 is 0 Å². The molecule has 1 unspecified atom stereocenters. The normalized spacial score (nSPS) is 28.3. The van der Waals surface area contributed by atoms with Gasteiger partial charge < -0.3 is 18.9 Å². The molecule has 318 valence electrons. The van der Waals surface area contributed by atoms with Crippen LogP contribution in [0.3, 0.4) is 0 Å². The molecule has 1 amide bonds. The summed E-state index contributed by atoms with van der Waals surface area (Å²) in [5.74, 6) is 1.04. The highest BCUT2D eigenvalue weighted by Gasteiger charge is 2.53. The van der Waals surface area contributed by atoms with Crippen LogP contribution in [0.25, 0.3) is 0 Å². The predicted molar refractivity (Wildman–Crippen MR) is 241 cm³/mol. The number of amides is 1. The van der Waals surface area contributed by atoms with E-state index in [1.807, 2.05) is 4.90 Å². The highest BCUT2D eigenvalue weighted by atomic mass is 28.4. The van der Waals surface area contributed by atoms with Gasteiger partial charge in [-0.2, -0.15) is 0 Å². The molecule has 55 heavy (non-hydrogen) atoms. The number of carbonyl (C=O) groups is 1. The summed E-state index contributed by atoms with van der Waals surface area (Å²) in [4.78, 5) is 15.3. The minimum absolute atomic E-state index is 0.0275. The molecule has 0 aromatic carbocycles. The van der Waals surface area contributed by atoms with Crippen LogP contribution >= 0.6 is 0 Å². The molecule has 3 aliphatic rings. The molecule has 3 aliphatic carbocycles. The molecule has 7 atom stereocenters. The summed E-state index contributed by atoms with van der Waals surface area (Å²) < 4.78 is 15.2. The van der Waals surface area contributed by atoms with E-state index in [9.17, 15) is 9.90 Å². The quantitative estimate of drug-likeness (QED) is 0.149. The van der Waals surface area contributed by atoms with Gasteiger partial charge in [-0.25, -0.2) is 0 Å². The molecule has 0 aromatic heterocycles. The fourth-order valence-corrected chi connectivity index (χ4v) is 24.2. The lowest BCUT2D eigenvalue weighted by Crippen LogP contribution is -2.54. The molecule has 5 nitrogen and oxygen atoms in total. The molecular formula is C48H89NO4Si2. The molecule has 3 saturated carbocycles. The van der Waals surface area contributed by atoms with Crippen molar-refractivity contribution >= 4 is 22.5 Å². The van der Waals surface area contributed by atoms with Gasteiger partial charge in [0.05, 0.1) is 24.7 Å². The third-order valence-electron chi connectivity index (χ3n) is 15.4. The zero-order valence-electron chi connectivity index (χ0n) is 39.2. The van der Waals surface area contributed by atoms with Crippen molar-refractivity contribution in [3.8, 4) is 0 Å². The number of fused-ring (bicyclic) bond motifs is 1. The minimum Gasteiger partial charge on any atom is -0.413 e. The lowest BCUT2D eigenvalue weighted by molar-refractivity contribution is -0.138. The molecule has 3 fully saturated rings. The number of hydrogen-bond acceptors (Lipinski definition) is 4. The van der Waals surface area contributed by atoms with Gasteiger partial charge in [-0.15, -0.1) is 0 Å². The Balaban J connectivity index is 2.00. The van der Waals surface area contributed by atoms with Crippen LogP contribution in [-0.4, -0.2) is 62.9 Å². The van der Waals surface area contributed by atoms with Crippen molar-refractivity contribution in [3.05, 3.63) is 35.5 Å². The Kier molecular flexibility index (Phi) is 17.0. The van der Waals surface area contributed by atoms with Gasteiger partial charge in [0, 0.05) is 18.5 Å². The van der Waals surface area contributed by atoms with E-state index in [2.05, 4.69) is 137 Å². The number of rotatable bonds is 17. The highest BCUT2D eigenvalue weighted by Crippen LogP contribution is 2.60. The maximum atomic E-state index is 13.4. The van der Waals surface area contributed by atoms with Crippen LogP contribution < -0.4 is 0 Å². The van der Waals surface area contributed by atoms with Crippen molar-refractivity contribution in [2.75, 3.05) is 0 Å². The third-order valence-corrected chi connectivity index (χ3v) is 27.7. The van der Waals surface area contributed by atoms with Crippen molar-refractivity contribution in [2.24, 2.45) is 23.2 Å². The van der Waals surface area contributed by atoms with Gasteiger partial charge in [0.15, 0.2) is 0 Å². The molecule has 0 saturated heterocycles. The number of nitrogens with zero attached hydrogens (tertiary/aromatic N) is 1. The lowest BCUT2D eigenvalue weighted by Gasteiger charge is -2.49. The van der Waals surface area contributed by atoms with Gasteiger partial charge in [0.1, 0.15) is 0 Å². The summed E-state index contributed by atoms with van der Waals surface area (Å²) in [6.07, 6.45) is 12.1. The zero-order valence-corrected chi connectivity index (χ0v) is 41.2. The molecule has 0 aromatic rings. The number of allylic oxidation sites excluding steroid dienone is 3. The molecular weight excluding hydrogens is 711 g/mol. The minimum atomic E-state index is -2.17. The van der Waals surface area contributed by atoms with Crippen LogP contribution in [-0.2, 0) is 13.6 Å². The van der Waals surface area contributed by atoms with E-state index in [1.54, 1.807) is 5.57 Å². The van der Waals surface area contributed by atoms with Crippen molar-refractivity contribution in [1.82, 2.24) is 4.90 Å². The van der Waals surface area contributed by atoms with E-state index in [4.69, 9.17) is 15.4 Å². The van der Waals surface area contributed by atoms with Crippen molar-refractivity contribution < 1.29 is 18.8 Å². The van der Waals surface area contributed by atoms with Crippen LogP contribution in [0.1, 0.15) is 176 Å². The van der Waals surface area contributed by atoms with E-state index in [0.717, 1.165) is 32.1 Å². The summed E-state index contributed by atoms with van der Waals surface area (Å²) in [6, 6.07) is 0.255. The Morgan fingerprint density at radius 3 is 1.76 bits per heavy atom. The molecule has 0 heterocycles. The number of aliphatic hydroxyl groups is 1. The third kappa shape index (κ3) is 9.90. The standard InChI is InChI=1S/C48H89NO4Si2/c1-30(2)49(31(3)4)47(51)29-45(50)39(18)43-24-25-44-40(21-20-26-48(43,44)19)22-23-41-27-42(52-54(32(5)6,33(7)8)34(9)10)28-46(38(41)17)53-55(35(11)12,36(13)14)37(15)16/h22-23,30-37,39,42-46,50H,17,20-21,24-29H2,1-16,18-19H3/t39-,42-,43+,44-,45?,46+,48+/m0/s1. The molecule has 0 radical (unpaired) electrons. The molecule has 0 bridgehead atoms. The smallest absolute Gasteiger partial charge is 0.225 e. The maximum absolute atomic E-state index is 13.4. The van der Waals surface area contributed by atoms with Crippen LogP contribution in [0.4, 0.5) is 0 Å². The fraction of sp³-hybridized carbons (Fsp3) is 0.854. The van der Waals surface area contributed by atoms with Gasteiger partial charge in [-0.1, -0.05) is 121 Å². The van der Waals surface area contributed by atoms with E-state index in [-0.39, 0.29) is 48.0 Å². The number of hydrogen-bond donors (Lipinski definition) is 1. The number of carbonyl (C=O) groups excluding carboxylic acids is 1. The largest absolute Gasteiger partial charge is 0.413 e. The average Bonchev–Trinajstić information content (AvgIpc) is 3.41. The fourth-order valence-electron chi connectivity index (χ4n) is 13.0. The monoisotopic (exact) mass is 800 g/mol. The Labute approximate surface area is 343 Å². The summed E-state index contributed by atoms with van der Waals surface area (Å²) >= 11 is 0. The number of aliphatic hydroxyl groups excluding tert-OH is 1. The highest BCUT2D eigenvalue weighted by molar-refractivity contribution is 6.78. The molecule has 7 heteroatoms. The summed E-state index contributed by atoms with van der Waals surface area (Å²) in [7, 11) is -4.29. The first kappa shape index (κ1) is 48.4. The van der Waals surface area contributed by atoms with Crippen molar-refractivity contribution in [3.63, 3.8) is 0 Å². The Hall–Kier alpha value is -0.996. The second kappa shape index (κ2) is 19.4. The van der Waals surface area contributed by atoms with Crippen LogP contribution in [0.15, 0.2) is 35.5 Å². The lowest BCUT2D eigenvalue weighted by atomic mass is 9.60. The molecule has 1 N–H and O–H groups in total. The molecule has 0 aliphatic heterocycles.